The lowest BCUT2D eigenvalue weighted by Crippen LogP contribution is -2.34. The smallest absolute Gasteiger partial charge is 0.275 e. The van der Waals surface area contributed by atoms with E-state index < -0.39 is 10.8 Å². The summed E-state index contributed by atoms with van der Waals surface area (Å²) in [5.41, 5.74) is 8.61. The van der Waals surface area contributed by atoms with E-state index in [1.54, 1.807) is 19.9 Å². The molecule has 146 valence electrons. The van der Waals surface area contributed by atoms with Gasteiger partial charge in [0.2, 0.25) is 5.88 Å². The fourth-order valence-corrected chi connectivity index (χ4v) is 4.49. The molecule has 0 saturated heterocycles. The van der Waals surface area contributed by atoms with E-state index in [-0.39, 0.29) is 28.3 Å². The Morgan fingerprint density at radius 3 is 2.50 bits per heavy atom. The molecule has 7 nitrogen and oxygen atoms in total. The van der Waals surface area contributed by atoms with Crippen molar-refractivity contribution >= 4 is 11.5 Å². The van der Waals surface area contributed by atoms with Gasteiger partial charge < -0.3 is 10.5 Å². The van der Waals surface area contributed by atoms with Crippen molar-refractivity contribution in [1.29, 1.82) is 5.26 Å². The highest BCUT2D eigenvalue weighted by Crippen LogP contribution is 2.50. The Bertz CT molecular complexity index is 1030. The van der Waals surface area contributed by atoms with Crippen molar-refractivity contribution < 1.29 is 14.5 Å². The number of allylic oxidation sites excluding steroid dienone is 3. The molecule has 3 rings (SSSR count). The first kappa shape index (κ1) is 19.6. The van der Waals surface area contributed by atoms with Gasteiger partial charge in [-0.3, -0.25) is 14.9 Å². The van der Waals surface area contributed by atoms with Gasteiger partial charge in [0.1, 0.15) is 17.4 Å². The SMILES string of the molecule is Cc1cc(C)c([N+](=O)[O-])c(C)c1[C@@H]1C(C#N)=C(N)OC2=C1C(=O)CC(C)(C)C2. The number of ketones is 1. The van der Waals surface area contributed by atoms with Gasteiger partial charge in [0.15, 0.2) is 5.78 Å². The summed E-state index contributed by atoms with van der Waals surface area (Å²) in [7, 11) is 0. The summed E-state index contributed by atoms with van der Waals surface area (Å²) < 4.78 is 5.69. The number of rotatable bonds is 2. The molecular formula is C21H23N3O4. The summed E-state index contributed by atoms with van der Waals surface area (Å²) in [6, 6.07) is 3.79. The first-order valence-corrected chi connectivity index (χ1v) is 9.07. The number of benzene rings is 1. The van der Waals surface area contributed by atoms with E-state index in [0.717, 1.165) is 5.56 Å². The number of hydrogen-bond acceptors (Lipinski definition) is 6. The number of nitriles is 1. The monoisotopic (exact) mass is 381 g/mol. The molecule has 0 bridgehead atoms. The zero-order valence-corrected chi connectivity index (χ0v) is 16.7. The van der Waals surface area contributed by atoms with Gasteiger partial charge in [-0.25, -0.2) is 0 Å². The Labute approximate surface area is 163 Å². The van der Waals surface area contributed by atoms with Crippen LogP contribution in [0, 0.1) is 47.6 Å². The first-order valence-electron chi connectivity index (χ1n) is 9.07. The molecular weight excluding hydrogens is 358 g/mol. The topological polar surface area (TPSA) is 119 Å². The third-order valence-electron chi connectivity index (χ3n) is 5.54. The summed E-state index contributed by atoms with van der Waals surface area (Å²) >= 11 is 0. The highest BCUT2D eigenvalue weighted by atomic mass is 16.6. The van der Waals surface area contributed by atoms with Crippen molar-refractivity contribution in [3.8, 4) is 6.07 Å². The van der Waals surface area contributed by atoms with Crippen LogP contribution in [-0.2, 0) is 9.53 Å². The van der Waals surface area contributed by atoms with Gasteiger partial charge in [0.25, 0.3) is 5.69 Å². The number of nitrogens with zero attached hydrogens (tertiary/aromatic N) is 2. The summed E-state index contributed by atoms with van der Waals surface area (Å²) in [5.74, 6) is -0.446. The molecule has 0 amide bonds. The number of nitro benzene ring substituents is 1. The normalized spacial score (nSPS) is 21.1. The fourth-order valence-electron chi connectivity index (χ4n) is 4.49. The number of carbonyl (C=O) groups excluding carboxylic acids is 1. The molecule has 0 saturated carbocycles. The van der Waals surface area contributed by atoms with E-state index in [1.165, 1.54) is 0 Å². The van der Waals surface area contributed by atoms with Crippen LogP contribution in [0.3, 0.4) is 0 Å². The molecule has 1 aromatic carbocycles. The van der Waals surface area contributed by atoms with Crippen LogP contribution in [0.15, 0.2) is 28.9 Å². The lowest BCUT2D eigenvalue weighted by molar-refractivity contribution is -0.386. The maximum atomic E-state index is 13.1. The molecule has 0 unspecified atom stereocenters. The van der Waals surface area contributed by atoms with Crippen LogP contribution in [-0.4, -0.2) is 10.7 Å². The molecule has 1 aliphatic carbocycles. The number of aryl methyl sites for hydroxylation is 2. The molecule has 1 heterocycles. The summed E-state index contributed by atoms with van der Waals surface area (Å²) in [4.78, 5) is 24.3. The van der Waals surface area contributed by atoms with Crippen molar-refractivity contribution in [1.82, 2.24) is 0 Å². The lowest BCUT2D eigenvalue weighted by atomic mass is 9.69. The molecule has 0 radical (unpaired) electrons. The summed E-state index contributed by atoms with van der Waals surface area (Å²) in [6.07, 6.45) is 0.826. The molecule has 2 aliphatic rings. The fraction of sp³-hybridized carbons (Fsp3) is 0.429. The van der Waals surface area contributed by atoms with Gasteiger partial charge in [0.05, 0.1) is 10.8 Å². The van der Waals surface area contributed by atoms with Crippen molar-refractivity contribution in [2.24, 2.45) is 11.1 Å². The van der Waals surface area contributed by atoms with Crippen LogP contribution >= 0.6 is 0 Å². The lowest BCUT2D eigenvalue weighted by Gasteiger charge is -2.37. The van der Waals surface area contributed by atoms with E-state index in [2.05, 4.69) is 6.07 Å². The number of Topliss-reactive ketones (excluding diaryl/α,β-unsaturated/α-hetero) is 1. The highest BCUT2D eigenvalue weighted by molar-refractivity contribution is 6.00. The number of hydrogen-bond donors (Lipinski definition) is 1. The summed E-state index contributed by atoms with van der Waals surface area (Å²) in [5, 5.41) is 21.4. The third-order valence-corrected chi connectivity index (χ3v) is 5.54. The minimum Gasteiger partial charge on any atom is -0.444 e. The number of nitro groups is 1. The van der Waals surface area contributed by atoms with Crippen molar-refractivity contribution in [2.45, 2.75) is 53.4 Å². The van der Waals surface area contributed by atoms with E-state index in [4.69, 9.17) is 10.5 Å². The van der Waals surface area contributed by atoms with Crippen LogP contribution in [0.1, 0.15) is 54.9 Å². The average Bonchev–Trinajstić information content (AvgIpc) is 2.51. The zero-order valence-electron chi connectivity index (χ0n) is 16.7. The van der Waals surface area contributed by atoms with Crippen molar-refractivity contribution in [3.05, 3.63) is 61.2 Å². The van der Waals surface area contributed by atoms with Gasteiger partial charge >= 0.3 is 0 Å². The third kappa shape index (κ3) is 2.95. The van der Waals surface area contributed by atoms with Crippen LogP contribution in [0.25, 0.3) is 0 Å². The molecule has 0 aromatic heterocycles. The predicted octanol–water partition coefficient (Wildman–Crippen LogP) is 3.97. The van der Waals surface area contributed by atoms with Gasteiger partial charge in [-0.1, -0.05) is 13.8 Å². The summed E-state index contributed by atoms with van der Waals surface area (Å²) in [6.45, 7) is 9.11. The maximum Gasteiger partial charge on any atom is 0.275 e. The van der Waals surface area contributed by atoms with Gasteiger partial charge in [-0.05, 0) is 43.4 Å². The number of ether oxygens (including phenoxy) is 1. The van der Waals surface area contributed by atoms with E-state index in [0.29, 0.717) is 40.9 Å². The van der Waals surface area contributed by atoms with Crippen LogP contribution < -0.4 is 5.73 Å². The Kier molecular flexibility index (Phi) is 4.54. The second kappa shape index (κ2) is 6.48. The average molecular weight is 381 g/mol. The molecule has 2 N–H and O–H groups in total. The van der Waals surface area contributed by atoms with Gasteiger partial charge in [-0.15, -0.1) is 0 Å². The molecule has 0 spiro atoms. The standard InChI is InChI=1S/C21H23N3O4/c1-10-6-11(2)19(24(26)27)12(3)16(10)17-13(9-22)20(23)28-15-8-21(4,5)7-14(25)18(15)17/h6,17H,7-8,23H2,1-5H3/t17-/m0/s1. The van der Waals surface area contributed by atoms with E-state index in [9.17, 15) is 20.2 Å². The van der Waals surface area contributed by atoms with Crippen LogP contribution in [0.4, 0.5) is 5.69 Å². The number of nitrogens with two attached hydrogens (primary N) is 1. The second-order valence-electron chi connectivity index (χ2n) is 8.36. The molecule has 28 heavy (non-hydrogen) atoms. The number of carbonyl (C=O) groups is 1. The minimum atomic E-state index is -0.753. The maximum absolute atomic E-state index is 13.1. The first-order chi connectivity index (χ1) is 13.0. The minimum absolute atomic E-state index is 0.00584. The highest BCUT2D eigenvalue weighted by Gasteiger charge is 2.44. The van der Waals surface area contributed by atoms with Gasteiger partial charge in [-0.2, -0.15) is 5.26 Å². The van der Waals surface area contributed by atoms with E-state index in [1.807, 2.05) is 20.8 Å². The quantitative estimate of drug-likeness (QED) is 0.611. The largest absolute Gasteiger partial charge is 0.444 e. The van der Waals surface area contributed by atoms with Gasteiger partial charge in [0, 0.05) is 29.5 Å². The predicted molar refractivity (Wildman–Crippen MR) is 103 cm³/mol. The Morgan fingerprint density at radius 2 is 1.93 bits per heavy atom. The molecule has 7 heteroatoms. The van der Waals surface area contributed by atoms with Crippen LogP contribution in [0.2, 0.25) is 0 Å². The molecule has 1 aliphatic heterocycles. The van der Waals surface area contributed by atoms with E-state index >= 15 is 0 Å². The Morgan fingerprint density at radius 1 is 1.29 bits per heavy atom. The van der Waals surface area contributed by atoms with Crippen molar-refractivity contribution in [3.63, 3.8) is 0 Å². The Hall–Kier alpha value is -3.14. The van der Waals surface area contributed by atoms with Crippen molar-refractivity contribution in [2.75, 3.05) is 0 Å². The van der Waals surface area contributed by atoms with Crippen LogP contribution in [0.5, 0.6) is 0 Å². The Balaban J connectivity index is 2.35. The zero-order chi connectivity index (χ0) is 21.0. The molecule has 1 aromatic rings. The molecule has 0 fully saturated rings. The second-order valence-corrected chi connectivity index (χ2v) is 8.36. The molecule has 1 atom stereocenters.